The molecule has 3 N–H and O–H groups in total. The van der Waals surface area contributed by atoms with E-state index in [0.29, 0.717) is 16.7 Å². The number of hydrogen-bond donors (Lipinski definition) is 2. The standard InChI is InChI=1S/C17H21F3N6OS/c1-11-23-24-16(26(11)21)28-10-15(27)22-13-9-12(17(18,19)20)5-6-14(13)25-7-3-2-4-8-25/h5-6,9H,2-4,7-8,10,21H2,1H3,(H,22,27). The minimum atomic E-state index is -4.48. The molecule has 1 aliphatic heterocycles. The van der Waals surface area contributed by atoms with Gasteiger partial charge in [-0.25, -0.2) is 4.68 Å². The first-order valence-electron chi connectivity index (χ1n) is 8.81. The van der Waals surface area contributed by atoms with E-state index in [2.05, 4.69) is 15.5 Å². The predicted octanol–water partition coefficient (Wildman–Crippen LogP) is 3.04. The molecule has 0 spiro atoms. The van der Waals surface area contributed by atoms with Crippen LogP contribution in [0.4, 0.5) is 24.5 Å². The molecule has 0 radical (unpaired) electrons. The lowest BCUT2D eigenvalue weighted by Crippen LogP contribution is -2.30. The van der Waals surface area contributed by atoms with Crippen molar-refractivity contribution in [2.75, 3.05) is 34.9 Å². The Morgan fingerprint density at radius 2 is 1.96 bits per heavy atom. The Morgan fingerprint density at radius 1 is 1.25 bits per heavy atom. The van der Waals surface area contributed by atoms with E-state index in [4.69, 9.17) is 5.84 Å². The fourth-order valence-electron chi connectivity index (χ4n) is 2.99. The number of rotatable bonds is 5. The normalized spacial score (nSPS) is 14.9. The topological polar surface area (TPSA) is 89.1 Å². The molecular formula is C17H21F3N6OS. The van der Waals surface area contributed by atoms with E-state index in [1.54, 1.807) is 6.92 Å². The maximum absolute atomic E-state index is 13.1. The molecule has 0 unspecified atom stereocenters. The summed E-state index contributed by atoms with van der Waals surface area (Å²) >= 11 is 1.06. The molecule has 1 aliphatic rings. The quantitative estimate of drug-likeness (QED) is 0.578. The molecule has 1 amide bonds. The van der Waals surface area contributed by atoms with Crippen LogP contribution >= 0.6 is 11.8 Å². The number of anilines is 2. The van der Waals surface area contributed by atoms with Gasteiger partial charge in [0.25, 0.3) is 0 Å². The highest BCUT2D eigenvalue weighted by atomic mass is 32.2. The van der Waals surface area contributed by atoms with E-state index in [1.165, 1.54) is 10.7 Å². The zero-order valence-corrected chi connectivity index (χ0v) is 16.1. The van der Waals surface area contributed by atoms with E-state index in [1.807, 2.05) is 4.90 Å². The first-order valence-corrected chi connectivity index (χ1v) is 9.80. The van der Waals surface area contributed by atoms with Crippen LogP contribution in [0.3, 0.4) is 0 Å². The van der Waals surface area contributed by atoms with E-state index < -0.39 is 17.6 Å². The second kappa shape index (κ2) is 8.29. The number of carbonyl (C=O) groups is 1. The number of aromatic nitrogens is 3. The third kappa shape index (κ3) is 4.70. The summed E-state index contributed by atoms with van der Waals surface area (Å²) in [5, 5.41) is 10.6. The Morgan fingerprint density at radius 3 is 2.57 bits per heavy atom. The molecule has 3 rings (SSSR count). The van der Waals surface area contributed by atoms with Crippen LogP contribution in [0.25, 0.3) is 0 Å². The van der Waals surface area contributed by atoms with E-state index in [9.17, 15) is 18.0 Å². The lowest BCUT2D eigenvalue weighted by atomic mass is 10.1. The zero-order valence-electron chi connectivity index (χ0n) is 15.3. The van der Waals surface area contributed by atoms with Crippen molar-refractivity contribution < 1.29 is 18.0 Å². The maximum atomic E-state index is 13.1. The molecule has 1 aromatic carbocycles. The lowest BCUT2D eigenvalue weighted by Gasteiger charge is -2.31. The number of nitrogen functional groups attached to an aromatic ring is 1. The van der Waals surface area contributed by atoms with Crippen LogP contribution in [0.2, 0.25) is 0 Å². The minimum absolute atomic E-state index is 0.0506. The Balaban J connectivity index is 1.77. The molecule has 152 valence electrons. The molecule has 0 saturated carbocycles. The van der Waals surface area contributed by atoms with Crippen LogP contribution in [-0.2, 0) is 11.0 Å². The van der Waals surface area contributed by atoms with Crippen LogP contribution in [0.15, 0.2) is 23.4 Å². The first-order chi connectivity index (χ1) is 13.3. The second-order valence-electron chi connectivity index (χ2n) is 6.51. The second-order valence-corrected chi connectivity index (χ2v) is 7.46. The number of amides is 1. The lowest BCUT2D eigenvalue weighted by molar-refractivity contribution is -0.137. The Bertz CT molecular complexity index is 848. The summed E-state index contributed by atoms with van der Waals surface area (Å²) in [5.74, 6) is 5.74. The SMILES string of the molecule is Cc1nnc(SCC(=O)Nc2cc(C(F)(F)F)ccc2N2CCCCC2)n1N. The van der Waals surface area contributed by atoms with Gasteiger partial charge in [-0.3, -0.25) is 4.79 Å². The number of nitrogens with one attached hydrogen (secondary N) is 1. The third-order valence-electron chi connectivity index (χ3n) is 4.46. The van der Waals surface area contributed by atoms with Crippen LogP contribution < -0.4 is 16.1 Å². The van der Waals surface area contributed by atoms with Gasteiger partial charge in [0.05, 0.1) is 22.7 Å². The predicted molar refractivity (Wildman–Crippen MR) is 102 cm³/mol. The van der Waals surface area contributed by atoms with Gasteiger partial charge in [0.15, 0.2) is 0 Å². The summed E-state index contributed by atoms with van der Waals surface area (Å²) in [4.78, 5) is 14.4. The molecule has 1 fully saturated rings. The van der Waals surface area contributed by atoms with E-state index >= 15 is 0 Å². The molecule has 0 atom stereocenters. The van der Waals surface area contributed by atoms with Crippen LogP contribution in [0.1, 0.15) is 30.7 Å². The number of piperidine rings is 1. The number of nitrogens with zero attached hydrogens (tertiary/aromatic N) is 4. The van der Waals surface area contributed by atoms with Crippen molar-refractivity contribution in [3.63, 3.8) is 0 Å². The van der Waals surface area contributed by atoms with Gasteiger partial charge >= 0.3 is 6.18 Å². The molecule has 0 bridgehead atoms. The summed E-state index contributed by atoms with van der Waals surface area (Å²) in [7, 11) is 0. The third-order valence-corrected chi connectivity index (χ3v) is 5.41. The fraction of sp³-hybridized carbons (Fsp3) is 0.471. The average molecular weight is 414 g/mol. The monoisotopic (exact) mass is 414 g/mol. The molecule has 1 saturated heterocycles. The highest BCUT2D eigenvalue weighted by Crippen LogP contribution is 2.36. The van der Waals surface area contributed by atoms with Gasteiger partial charge < -0.3 is 16.1 Å². The number of alkyl halides is 3. The first kappa shape index (κ1) is 20.3. The van der Waals surface area contributed by atoms with Gasteiger partial charge in [0.1, 0.15) is 5.82 Å². The van der Waals surface area contributed by atoms with Crippen molar-refractivity contribution in [1.29, 1.82) is 0 Å². The largest absolute Gasteiger partial charge is 0.416 e. The molecule has 28 heavy (non-hydrogen) atoms. The molecule has 1 aromatic heterocycles. The number of thioether (sulfide) groups is 1. The molecular weight excluding hydrogens is 393 g/mol. The van der Waals surface area contributed by atoms with Gasteiger partial charge in [-0.05, 0) is 44.4 Å². The van der Waals surface area contributed by atoms with Gasteiger partial charge in [-0.1, -0.05) is 11.8 Å². The van der Waals surface area contributed by atoms with Gasteiger partial charge in [-0.15, -0.1) is 10.2 Å². The maximum Gasteiger partial charge on any atom is 0.416 e. The summed E-state index contributed by atoms with van der Waals surface area (Å²) in [6.45, 7) is 3.17. The number of hydrogen-bond acceptors (Lipinski definition) is 6. The Kier molecular flexibility index (Phi) is 6.01. The molecule has 11 heteroatoms. The minimum Gasteiger partial charge on any atom is -0.370 e. The summed E-state index contributed by atoms with van der Waals surface area (Å²) < 4.78 is 40.7. The van der Waals surface area contributed by atoms with Crippen LogP contribution in [-0.4, -0.2) is 39.6 Å². The van der Waals surface area contributed by atoms with Crippen molar-refractivity contribution in [2.45, 2.75) is 37.5 Å². The fourth-order valence-corrected chi connectivity index (χ4v) is 3.69. The smallest absolute Gasteiger partial charge is 0.370 e. The van der Waals surface area contributed by atoms with Crippen molar-refractivity contribution in [3.8, 4) is 0 Å². The number of nitrogens with two attached hydrogens (primary N) is 1. The van der Waals surface area contributed by atoms with Gasteiger partial charge in [0.2, 0.25) is 11.1 Å². The number of aryl methyl sites for hydroxylation is 1. The van der Waals surface area contributed by atoms with E-state index in [-0.39, 0.29) is 11.4 Å². The molecule has 0 aliphatic carbocycles. The number of carbonyl (C=O) groups excluding carboxylic acids is 1. The van der Waals surface area contributed by atoms with Crippen molar-refractivity contribution >= 4 is 29.0 Å². The van der Waals surface area contributed by atoms with E-state index in [0.717, 1.165) is 56.2 Å². The number of benzene rings is 1. The molecule has 2 aromatic rings. The molecule has 7 nitrogen and oxygen atoms in total. The van der Waals surface area contributed by atoms with Gasteiger partial charge in [-0.2, -0.15) is 13.2 Å². The van der Waals surface area contributed by atoms with Gasteiger partial charge in [0, 0.05) is 13.1 Å². The Hall–Kier alpha value is -2.43. The van der Waals surface area contributed by atoms with Crippen molar-refractivity contribution in [3.05, 3.63) is 29.6 Å². The summed E-state index contributed by atoms with van der Waals surface area (Å²) in [5.41, 5.74) is -0.0369. The van der Waals surface area contributed by atoms with Crippen molar-refractivity contribution in [1.82, 2.24) is 14.9 Å². The summed E-state index contributed by atoms with van der Waals surface area (Å²) in [6.07, 6.45) is -1.46. The highest BCUT2D eigenvalue weighted by molar-refractivity contribution is 7.99. The summed E-state index contributed by atoms with van der Waals surface area (Å²) in [6, 6.07) is 3.47. The van der Waals surface area contributed by atoms with Crippen molar-refractivity contribution in [2.24, 2.45) is 0 Å². The zero-order chi connectivity index (χ0) is 20.3. The van der Waals surface area contributed by atoms with Crippen LogP contribution in [0, 0.1) is 6.92 Å². The van der Waals surface area contributed by atoms with Crippen LogP contribution in [0.5, 0.6) is 0 Å². The average Bonchev–Trinajstić information content (AvgIpc) is 2.98. The molecule has 2 heterocycles. The highest BCUT2D eigenvalue weighted by Gasteiger charge is 2.32. The number of halogens is 3. The Labute approximate surface area is 164 Å².